The van der Waals surface area contributed by atoms with Crippen molar-refractivity contribution in [1.29, 1.82) is 0 Å². The van der Waals surface area contributed by atoms with E-state index in [9.17, 15) is 4.79 Å². The summed E-state index contributed by atoms with van der Waals surface area (Å²) in [6.07, 6.45) is 0. The van der Waals surface area contributed by atoms with Crippen molar-refractivity contribution in [2.45, 2.75) is 0 Å². The van der Waals surface area contributed by atoms with Crippen LogP contribution < -0.4 is 15.8 Å². The largest absolute Gasteiger partial charge is 0.495 e. The summed E-state index contributed by atoms with van der Waals surface area (Å²) in [5.41, 5.74) is 5.88. The van der Waals surface area contributed by atoms with Crippen LogP contribution in [0.5, 0.6) is 5.75 Å². The zero-order valence-electron chi connectivity index (χ0n) is 8.42. The second-order valence-electron chi connectivity index (χ2n) is 2.94. The van der Waals surface area contributed by atoms with Crippen LogP contribution in [0.15, 0.2) is 18.2 Å². The Labute approximate surface area is 93.4 Å². The number of rotatable bonds is 5. The molecule has 0 aromatic heterocycles. The minimum Gasteiger partial charge on any atom is -0.495 e. The van der Waals surface area contributed by atoms with Crippen LogP contribution in [0.4, 0.5) is 5.69 Å². The molecule has 3 N–H and O–H groups in total. The van der Waals surface area contributed by atoms with Gasteiger partial charge in [-0.3, -0.25) is 4.79 Å². The van der Waals surface area contributed by atoms with Crippen LogP contribution in [-0.4, -0.2) is 26.0 Å². The molecule has 0 spiro atoms. The van der Waals surface area contributed by atoms with Gasteiger partial charge in [0.1, 0.15) is 5.75 Å². The molecule has 0 atom stereocenters. The van der Waals surface area contributed by atoms with Gasteiger partial charge in [0, 0.05) is 5.02 Å². The number of carbonyl (C=O) groups excluding carboxylic acids is 1. The fourth-order valence-electron chi connectivity index (χ4n) is 1.08. The number of nitrogens with two attached hydrogens (primary N) is 1. The standard InChI is InChI=1S/C10H13ClN2O2/c1-15-10-3-2-7(11)4-9(10)13-6-8(14)5-12/h2-4,13H,5-6,12H2,1H3. The van der Waals surface area contributed by atoms with Crippen molar-refractivity contribution < 1.29 is 9.53 Å². The van der Waals surface area contributed by atoms with Crippen molar-refractivity contribution in [3.05, 3.63) is 23.2 Å². The fourth-order valence-corrected chi connectivity index (χ4v) is 1.26. The van der Waals surface area contributed by atoms with Gasteiger partial charge < -0.3 is 15.8 Å². The Morgan fingerprint density at radius 1 is 1.60 bits per heavy atom. The first-order valence-corrected chi connectivity index (χ1v) is 4.84. The summed E-state index contributed by atoms with van der Waals surface area (Å²) >= 11 is 5.82. The Morgan fingerprint density at radius 2 is 2.33 bits per heavy atom. The van der Waals surface area contributed by atoms with E-state index in [1.54, 1.807) is 25.3 Å². The van der Waals surface area contributed by atoms with Gasteiger partial charge in [-0.2, -0.15) is 0 Å². The minimum atomic E-state index is -0.0722. The molecule has 1 aromatic rings. The first-order chi connectivity index (χ1) is 7.17. The predicted molar refractivity (Wildman–Crippen MR) is 60.6 cm³/mol. The first kappa shape index (κ1) is 11.8. The molecule has 0 fully saturated rings. The predicted octanol–water partition coefficient (Wildman–Crippen LogP) is 1.29. The second kappa shape index (κ2) is 5.58. The highest BCUT2D eigenvalue weighted by molar-refractivity contribution is 6.30. The van der Waals surface area contributed by atoms with Crippen molar-refractivity contribution in [1.82, 2.24) is 0 Å². The van der Waals surface area contributed by atoms with Gasteiger partial charge in [-0.1, -0.05) is 11.6 Å². The van der Waals surface area contributed by atoms with Crippen LogP contribution in [0, 0.1) is 0 Å². The summed E-state index contributed by atoms with van der Waals surface area (Å²) < 4.78 is 5.10. The molecular formula is C10H13ClN2O2. The Morgan fingerprint density at radius 3 is 2.93 bits per heavy atom. The first-order valence-electron chi connectivity index (χ1n) is 4.46. The maximum Gasteiger partial charge on any atom is 0.165 e. The summed E-state index contributed by atoms with van der Waals surface area (Å²) in [5, 5.41) is 3.50. The summed E-state index contributed by atoms with van der Waals surface area (Å²) in [5.74, 6) is 0.571. The number of ketones is 1. The van der Waals surface area contributed by atoms with Crippen LogP contribution in [0.3, 0.4) is 0 Å². The lowest BCUT2D eigenvalue weighted by Gasteiger charge is -2.10. The second-order valence-corrected chi connectivity index (χ2v) is 3.38. The van der Waals surface area contributed by atoms with Gasteiger partial charge in [-0.05, 0) is 18.2 Å². The van der Waals surface area contributed by atoms with Crippen LogP contribution >= 0.6 is 11.6 Å². The third-order valence-corrected chi connectivity index (χ3v) is 2.10. The van der Waals surface area contributed by atoms with Gasteiger partial charge in [0.2, 0.25) is 0 Å². The topological polar surface area (TPSA) is 64.3 Å². The van der Waals surface area contributed by atoms with E-state index in [2.05, 4.69) is 5.32 Å². The molecule has 0 amide bonds. The number of ether oxygens (including phenoxy) is 1. The van der Waals surface area contributed by atoms with Gasteiger partial charge in [0.05, 0.1) is 25.9 Å². The Hall–Kier alpha value is -1.26. The maximum absolute atomic E-state index is 11.0. The van der Waals surface area contributed by atoms with Gasteiger partial charge in [-0.15, -0.1) is 0 Å². The molecule has 82 valence electrons. The van der Waals surface area contributed by atoms with Crippen LogP contribution in [0.2, 0.25) is 5.02 Å². The molecule has 0 unspecified atom stereocenters. The third-order valence-electron chi connectivity index (χ3n) is 1.87. The number of nitrogens with one attached hydrogen (secondary N) is 1. The molecule has 0 bridgehead atoms. The Kier molecular flexibility index (Phi) is 4.39. The van der Waals surface area contributed by atoms with E-state index in [0.717, 1.165) is 0 Å². The highest BCUT2D eigenvalue weighted by Crippen LogP contribution is 2.27. The Bertz CT molecular complexity index is 355. The Balaban J connectivity index is 2.74. The number of methoxy groups -OCH3 is 1. The van der Waals surface area contributed by atoms with Gasteiger partial charge >= 0.3 is 0 Å². The zero-order valence-corrected chi connectivity index (χ0v) is 9.17. The number of hydrogen-bond acceptors (Lipinski definition) is 4. The van der Waals surface area contributed by atoms with Crippen LogP contribution in [0.25, 0.3) is 0 Å². The number of Topliss-reactive ketones (excluding diaryl/α,β-unsaturated/α-hetero) is 1. The van der Waals surface area contributed by atoms with Crippen LogP contribution in [0.1, 0.15) is 0 Å². The fraction of sp³-hybridized carbons (Fsp3) is 0.300. The van der Waals surface area contributed by atoms with Crippen LogP contribution in [-0.2, 0) is 4.79 Å². The summed E-state index contributed by atoms with van der Waals surface area (Å²) in [6.45, 7) is 0.198. The molecule has 5 heteroatoms. The van der Waals surface area contributed by atoms with Gasteiger partial charge in [-0.25, -0.2) is 0 Å². The maximum atomic E-state index is 11.0. The van der Waals surface area contributed by atoms with Crippen molar-refractivity contribution in [3.63, 3.8) is 0 Å². The van der Waals surface area contributed by atoms with E-state index in [4.69, 9.17) is 22.1 Å². The van der Waals surface area contributed by atoms with E-state index >= 15 is 0 Å². The molecule has 0 aliphatic heterocycles. The molecule has 0 aliphatic rings. The van der Waals surface area contributed by atoms with E-state index in [0.29, 0.717) is 16.5 Å². The third kappa shape index (κ3) is 3.42. The lowest BCUT2D eigenvalue weighted by Crippen LogP contribution is -2.22. The molecule has 1 aromatic carbocycles. The van der Waals surface area contributed by atoms with E-state index in [-0.39, 0.29) is 18.9 Å². The molecule has 0 aliphatic carbocycles. The lowest BCUT2D eigenvalue weighted by molar-refractivity contribution is -0.116. The normalized spacial score (nSPS) is 9.80. The molecule has 1 rings (SSSR count). The minimum absolute atomic E-state index is 0.0237. The molecule has 0 heterocycles. The van der Waals surface area contributed by atoms with Crippen molar-refractivity contribution in [2.75, 3.05) is 25.5 Å². The highest BCUT2D eigenvalue weighted by Gasteiger charge is 2.04. The zero-order chi connectivity index (χ0) is 11.3. The average Bonchev–Trinajstić information content (AvgIpc) is 2.26. The molecule has 0 saturated heterocycles. The molecule has 0 saturated carbocycles. The molecule has 15 heavy (non-hydrogen) atoms. The van der Waals surface area contributed by atoms with E-state index in [1.165, 1.54) is 0 Å². The lowest BCUT2D eigenvalue weighted by atomic mass is 10.2. The molecule has 4 nitrogen and oxygen atoms in total. The summed E-state index contributed by atoms with van der Waals surface area (Å²) in [7, 11) is 1.55. The highest BCUT2D eigenvalue weighted by atomic mass is 35.5. The number of carbonyl (C=O) groups is 1. The van der Waals surface area contributed by atoms with E-state index < -0.39 is 0 Å². The molecular weight excluding hydrogens is 216 g/mol. The summed E-state index contributed by atoms with van der Waals surface area (Å²) in [4.78, 5) is 11.0. The number of benzene rings is 1. The number of hydrogen-bond donors (Lipinski definition) is 2. The van der Waals surface area contributed by atoms with E-state index in [1.807, 2.05) is 0 Å². The number of anilines is 1. The average molecular weight is 229 g/mol. The van der Waals surface area contributed by atoms with Crippen molar-refractivity contribution in [3.8, 4) is 5.75 Å². The SMILES string of the molecule is COc1ccc(Cl)cc1NCC(=O)CN. The monoisotopic (exact) mass is 228 g/mol. The summed E-state index contributed by atoms with van der Waals surface area (Å²) in [6, 6.07) is 5.15. The molecule has 0 radical (unpaired) electrons. The van der Waals surface area contributed by atoms with Gasteiger partial charge in [0.25, 0.3) is 0 Å². The quantitative estimate of drug-likeness (QED) is 0.797. The van der Waals surface area contributed by atoms with Crippen molar-refractivity contribution in [2.24, 2.45) is 5.73 Å². The smallest absolute Gasteiger partial charge is 0.165 e. The number of halogens is 1. The van der Waals surface area contributed by atoms with Crippen molar-refractivity contribution >= 4 is 23.1 Å². The van der Waals surface area contributed by atoms with Gasteiger partial charge in [0.15, 0.2) is 5.78 Å².